The highest BCUT2D eigenvalue weighted by atomic mass is 16.6. The zero-order chi connectivity index (χ0) is 24.3. The van der Waals surface area contributed by atoms with Crippen molar-refractivity contribution in [3.05, 3.63) is 35.9 Å². The predicted molar refractivity (Wildman–Crippen MR) is 127 cm³/mol. The fourth-order valence-corrected chi connectivity index (χ4v) is 4.04. The Morgan fingerprint density at radius 2 is 1.85 bits per heavy atom. The summed E-state index contributed by atoms with van der Waals surface area (Å²) in [6, 6.07) is 8.97. The van der Waals surface area contributed by atoms with Crippen LogP contribution in [0.3, 0.4) is 0 Å². The Morgan fingerprint density at radius 3 is 2.52 bits per heavy atom. The van der Waals surface area contributed by atoms with Crippen molar-refractivity contribution in [1.82, 2.24) is 10.4 Å². The van der Waals surface area contributed by atoms with Gasteiger partial charge in [0.15, 0.2) is 0 Å². The first kappa shape index (κ1) is 26.8. The van der Waals surface area contributed by atoms with Gasteiger partial charge in [0.25, 0.3) is 0 Å². The Labute approximate surface area is 198 Å². The summed E-state index contributed by atoms with van der Waals surface area (Å²) < 4.78 is 5.58. The Bertz CT molecular complexity index is 760. The maximum Gasteiger partial charge on any atom is 0.329 e. The molecule has 1 heterocycles. The van der Waals surface area contributed by atoms with Crippen molar-refractivity contribution in [2.24, 2.45) is 5.92 Å². The van der Waals surface area contributed by atoms with Crippen molar-refractivity contribution in [3.8, 4) is 0 Å². The van der Waals surface area contributed by atoms with E-state index in [1.807, 2.05) is 51.1 Å². The maximum absolute atomic E-state index is 13.5. The van der Waals surface area contributed by atoms with Crippen LogP contribution in [0.2, 0.25) is 0 Å². The zero-order valence-corrected chi connectivity index (χ0v) is 20.6. The number of carbonyl (C=O) groups excluding carboxylic acids is 3. The van der Waals surface area contributed by atoms with E-state index < -0.39 is 17.6 Å². The summed E-state index contributed by atoms with van der Waals surface area (Å²) in [6.07, 6.45) is 5.83. The van der Waals surface area contributed by atoms with Crippen LogP contribution in [0, 0.1) is 5.92 Å². The van der Waals surface area contributed by atoms with E-state index in [0.717, 1.165) is 37.7 Å². The molecule has 1 fully saturated rings. The number of esters is 1. The largest absolute Gasteiger partial charge is 0.458 e. The van der Waals surface area contributed by atoms with Gasteiger partial charge in [0, 0.05) is 18.9 Å². The van der Waals surface area contributed by atoms with Crippen LogP contribution in [-0.2, 0) is 30.6 Å². The SMILES string of the molecule is CCCCC[C@H](CC(=O)NOCc1ccccc1)C(=O)N1CCCC[C@H]1C(=O)OC(C)(C)C. The standard InChI is InChI=1S/C26H40N2O5/c1-5-6-8-15-21(18-23(29)27-32-19-20-13-9-7-10-14-20)24(30)28-17-12-11-16-22(28)25(31)33-26(2,3)4/h7,9-10,13-14,21-22H,5-6,8,11-12,15-19H2,1-4H3,(H,27,29)/t21-,22+/m1/s1. The lowest BCUT2D eigenvalue weighted by atomic mass is 9.93. The van der Waals surface area contributed by atoms with Crippen LogP contribution < -0.4 is 5.48 Å². The molecule has 184 valence electrons. The Hall–Kier alpha value is -2.41. The van der Waals surface area contributed by atoms with Gasteiger partial charge in [-0.25, -0.2) is 10.3 Å². The number of benzene rings is 1. The molecule has 0 bridgehead atoms. The molecule has 0 unspecified atom stereocenters. The lowest BCUT2D eigenvalue weighted by molar-refractivity contribution is -0.167. The van der Waals surface area contributed by atoms with E-state index in [2.05, 4.69) is 12.4 Å². The second kappa shape index (κ2) is 13.3. The van der Waals surface area contributed by atoms with Gasteiger partial charge in [-0.05, 0) is 52.0 Å². The Kier molecular flexibility index (Phi) is 10.8. The van der Waals surface area contributed by atoms with Crippen molar-refractivity contribution in [2.75, 3.05) is 6.54 Å². The molecule has 1 aromatic rings. The summed E-state index contributed by atoms with van der Waals surface area (Å²) in [6.45, 7) is 8.35. The minimum absolute atomic E-state index is 0.0366. The molecule has 0 radical (unpaired) electrons. The third-order valence-electron chi connectivity index (χ3n) is 5.67. The number of amides is 2. The molecule has 7 nitrogen and oxygen atoms in total. The van der Waals surface area contributed by atoms with E-state index >= 15 is 0 Å². The fourth-order valence-electron chi connectivity index (χ4n) is 4.04. The summed E-state index contributed by atoms with van der Waals surface area (Å²) in [5, 5.41) is 0. The summed E-state index contributed by atoms with van der Waals surface area (Å²) in [7, 11) is 0. The number of unbranched alkanes of at least 4 members (excludes halogenated alkanes) is 2. The molecule has 1 N–H and O–H groups in total. The van der Waals surface area contributed by atoms with Crippen LogP contribution in [-0.4, -0.2) is 40.9 Å². The molecular weight excluding hydrogens is 420 g/mol. The highest BCUT2D eigenvalue weighted by Crippen LogP contribution is 2.25. The number of hydrogen-bond donors (Lipinski definition) is 1. The molecule has 2 rings (SSSR count). The number of nitrogens with one attached hydrogen (secondary N) is 1. The van der Waals surface area contributed by atoms with Crippen molar-refractivity contribution in [2.45, 2.75) is 97.3 Å². The van der Waals surface area contributed by atoms with E-state index in [1.165, 1.54) is 0 Å². The number of nitrogens with zero attached hydrogens (tertiary/aromatic N) is 1. The lowest BCUT2D eigenvalue weighted by Gasteiger charge is -2.37. The van der Waals surface area contributed by atoms with Crippen molar-refractivity contribution < 1.29 is 24.0 Å². The van der Waals surface area contributed by atoms with E-state index in [0.29, 0.717) is 19.4 Å². The van der Waals surface area contributed by atoms with Gasteiger partial charge < -0.3 is 9.64 Å². The first-order valence-electron chi connectivity index (χ1n) is 12.2. The molecule has 1 aromatic carbocycles. The van der Waals surface area contributed by atoms with E-state index in [-0.39, 0.29) is 30.8 Å². The Balaban J connectivity index is 2.01. The van der Waals surface area contributed by atoms with Gasteiger partial charge in [-0.3, -0.25) is 14.4 Å². The van der Waals surface area contributed by atoms with Crippen molar-refractivity contribution >= 4 is 17.8 Å². The lowest BCUT2D eigenvalue weighted by Crippen LogP contribution is -2.52. The molecule has 1 aliphatic heterocycles. The number of rotatable bonds is 11. The summed E-state index contributed by atoms with van der Waals surface area (Å²) in [5.74, 6) is -1.31. The van der Waals surface area contributed by atoms with Gasteiger partial charge in [0.2, 0.25) is 11.8 Å². The van der Waals surface area contributed by atoms with E-state index in [4.69, 9.17) is 9.57 Å². The third-order valence-corrected chi connectivity index (χ3v) is 5.67. The monoisotopic (exact) mass is 460 g/mol. The van der Waals surface area contributed by atoms with Crippen LogP contribution in [0.25, 0.3) is 0 Å². The first-order chi connectivity index (χ1) is 15.7. The topological polar surface area (TPSA) is 84.9 Å². The third kappa shape index (κ3) is 9.54. The molecule has 33 heavy (non-hydrogen) atoms. The van der Waals surface area contributed by atoms with Crippen LogP contribution in [0.5, 0.6) is 0 Å². The first-order valence-corrected chi connectivity index (χ1v) is 12.2. The number of piperidine rings is 1. The molecule has 1 aliphatic rings. The Morgan fingerprint density at radius 1 is 1.12 bits per heavy atom. The second-order valence-corrected chi connectivity index (χ2v) is 9.77. The normalized spacial score (nSPS) is 17.3. The van der Waals surface area contributed by atoms with Crippen molar-refractivity contribution in [3.63, 3.8) is 0 Å². The van der Waals surface area contributed by atoms with Crippen LogP contribution in [0.1, 0.15) is 84.6 Å². The molecule has 2 atom stereocenters. The molecule has 0 spiro atoms. The molecule has 1 saturated heterocycles. The van der Waals surface area contributed by atoms with Gasteiger partial charge in [0.1, 0.15) is 11.6 Å². The minimum Gasteiger partial charge on any atom is -0.458 e. The number of likely N-dealkylation sites (tertiary alicyclic amines) is 1. The van der Waals surface area contributed by atoms with E-state index in [9.17, 15) is 14.4 Å². The molecular formula is C26H40N2O5. The molecule has 7 heteroatoms. The van der Waals surface area contributed by atoms with Crippen LogP contribution in [0.4, 0.5) is 0 Å². The highest BCUT2D eigenvalue weighted by molar-refractivity contribution is 5.89. The van der Waals surface area contributed by atoms with Gasteiger partial charge in [-0.1, -0.05) is 56.5 Å². The smallest absolute Gasteiger partial charge is 0.329 e. The quantitative estimate of drug-likeness (QED) is 0.298. The van der Waals surface area contributed by atoms with Crippen LogP contribution in [0.15, 0.2) is 30.3 Å². The van der Waals surface area contributed by atoms with E-state index in [1.54, 1.807) is 4.90 Å². The summed E-state index contributed by atoms with van der Waals surface area (Å²) >= 11 is 0. The maximum atomic E-state index is 13.5. The minimum atomic E-state index is -0.611. The van der Waals surface area contributed by atoms with Gasteiger partial charge >= 0.3 is 5.97 Å². The fraction of sp³-hybridized carbons (Fsp3) is 0.654. The highest BCUT2D eigenvalue weighted by Gasteiger charge is 2.38. The summed E-state index contributed by atoms with van der Waals surface area (Å²) in [4.78, 5) is 45.9. The van der Waals surface area contributed by atoms with Gasteiger partial charge in [-0.15, -0.1) is 0 Å². The van der Waals surface area contributed by atoms with Crippen LogP contribution >= 0.6 is 0 Å². The average molecular weight is 461 g/mol. The number of carbonyl (C=O) groups is 3. The van der Waals surface area contributed by atoms with Gasteiger partial charge in [0.05, 0.1) is 6.61 Å². The zero-order valence-electron chi connectivity index (χ0n) is 20.6. The predicted octanol–water partition coefficient (Wildman–Crippen LogP) is 4.54. The number of hydroxylamine groups is 1. The second-order valence-electron chi connectivity index (χ2n) is 9.77. The van der Waals surface area contributed by atoms with Gasteiger partial charge in [-0.2, -0.15) is 0 Å². The number of ether oxygens (including phenoxy) is 1. The molecule has 0 aliphatic carbocycles. The average Bonchev–Trinajstić information content (AvgIpc) is 2.77. The molecule has 2 amide bonds. The summed E-state index contributed by atoms with van der Waals surface area (Å²) in [5.41, 5.74) is 2.81. The van der Waals surface area contributed by atoms with Crippen molar-refractivity contribution in [1.29, 1.82) is 0 Å². The number of hydrogen-bond acceptors (Lipinski definition) is 5. The molecule has 0 saturated carbocycles. The molecule has 0 aromatic heterocycles.